The van der Waals surface area contributed by atoms with Crippen molar-refractivity contribution in [2.45, 2.75) is 18.1 Å². The average molecular weight is 262 g/mol. The monoisotopic (exact) mass is 262 g/mol. The summed E-state index contributed by atoms with van der Waals surface area (Å²) < 4.78 is 0. The second-order valence-electron chi connectivity index (χ2n) is 4.99. The Kier molecular flexibility index (Phi) is 3.20. The van der Waals surface area contributed by atoms with Gasteiger partial charge >= 0.3 is 0 Å². The number of carbonyl (C=O) groups excluding carboxylic acids is 1. The summed E-state index contributed by atoms with van der Waals surface area (Å²) in [5.74, 6) is 1.37. The van der Waals surface area contributed by atoms with Crippen LogP contribution in [-0.2, 0) is 4.79 Å². The second-order valence-corrected chi connectivity index (χ2v) is 6.53. The molecule has 1 aromatic rings. The zero-order chi connectivity index (χ0) is 12.5. The van der Waals surface area contributed by atoms with Gasteiger partial charge < -0.3 is 10.2 Å². The van der Waals surface area contributed by atoms with Gasteiger partial charge in [-0.2, -0.15) is 11.8 Å². The molecule has 4 heteroatoms. The van der Waals surface area contributed by atoms with E-state index in [1.54, 1.807) is 0 Å². The molecular formula is C14H18N2OS. The molecule has 2 unspecified atom stereocenters. The summed E-state index contributed by atoms with van der Waals surface area (Å²) in [6.45, 7) is 4.73. The van der Waals surface area contributed by atoms with Crippen LogP contribution in [0.3, 0.4) is 0 Å². The maximum absolute atomic E-state index is 12.6. The summed E-state index contributed by atoms with van der Waals surface area (Å²) in [7, 11) is 0. The average Bonchev–Trinajstić information content (AvgIpc) is 2.82. The molecule has 0 aromatic heterocycles. The summed E-state index contributed by atoms with van der Waals surface area (Å²) in [6, 6.07) is 8.15. The fraction of sp³-hybridized carbons (Fsp3) is 0.500. The number of hydrogen-bond donors (Lipinski definition) is 1. The van der Waals surface area contributed by atoms with E-state index < -0.39 is 0 Å². The number of benzene rings is 1. The van der Waals surface area contributed by atoms with Crippen molar-refractivity contribution in [1.29, 1.82) is 0 Å². The molecule has 96 valence electrons. The molecule has 1 amide bonds. The van der Waals surface area contributed by atoms with E-state index in [4.69, 9.17) is 0 Å². The first-order valence-electron chi connectivity index (χ1n) is 6.49. The van der Waals surface area contributed by atoms with Crippen LogP contribution >= 0.6 is 11.8 Å². The van der Waals surface area contributed by atoms with E-state index in [1.165, 1.54) is 0 Å². The van der Waals surface area contributed by atoms with Crippen molar-refractivity contribution < 1.29 is 4.79 Å². The molecule has 0 saturated carbocycles. The molecule has 1 N–H and O–H groups in total. The van der Waals surface area contributed by atoms with Crippen LogP contribution in [0.4, 0.5) is 5.69 Å². The highest BCUT2D eigenvalue weighted by Crippen LogP contribution is 2.33. The molecule has 3 nitrogen and oxygen atoms in total. The SMILES string of the molecule is CC1CN(C(=O)C2CNc3ccccc32)CCS1. The summed E-state index contributed by atoms with van der Waals surface area (Å²) in [5, 5.41) is 3.89. The van der Waals surface area contributed by atoms with Gasteiger partial charge in [0.15, 0.2) is 0 Å². The fourth-order valence-electron chi connectivity index (χ4n) is 2.74. The van der Waals surface area contributed by atoms with Gasteiger partial charge in [-0.3, -0.25) is 4.79 Å². The molecule has 18 heavy (non-hydrogen) atoms. The standard InChI is InChI=1S/C14H18N2OS/c1-10-9-16(6-7-18-10)14(17)12-8-15-13-5-3-2-4-11(12)13/h2-5,10,12,15H,6-9H2,1H3. The van der Waals surface area contributed by atoms with E-state index in [2.05, 4.69) is 24.4 Å². The third kappa shape index (κ3) is 2.09. The Bertz CT molecular complexity index is 463. The molecule has 1 aromatic carbocycles. The molecule has 0 bridgehead atoms. The predicted molar refractivity (Wildman–Crippen MR) is 76.2 cm³/mol. The summed E-state index contributed by atoms with van der Waals surface area (Å²) in [6.07, 6.45) is 0. The van der Waals surface area contributed by atoms with Gasteiger partial charge in [0.2, 0.25) is 5.91 Å². The predicted octanol–water partition coefficient (Wildman–Crippen LogP) is 2.16. The van der Waals surface area contributed by atoms with Gasteiger partial charge in [0, 0.05) is 36.3 Å². The Morgan fingerprint density at radius 2 is 2.28 bits per heavy atom. The van der Waals surface area contributed by atoms with Crippen LogP contribution in [0.15, 0.2) is 24.3 Å². The zero-order valence-electron chi connectivity index (χ0n) is 10.6. The molecular weight excluding hydrogens is 244 g/mol. The van der Waals surface area contributed by atoms with E-state index in [-0.39, 0.29) is 5.92 Å². The number of nitrogens with zero attached hydrogens (tertiary/aromatic N) is 1. The smallest absolute Gasteiger partial charge is 0.232 e. The van der Waals surface area contributed by atoms with E-state index >= 15 is 0 Å². The third-order valence-electron chi connectivity index (χ3n) is 3.68. The van der Waals surface area contributed by atoms with Crippen molar-refractivity contribution in [3.8, 4) is 0 Å². The summed E-state index contributed by atoms with van der Waals surface area (Å²) in [5.41, 5.74) is 2.28. The number of nitrogens with one attached hydrogen (secondary N) is 1. The molecule has 3 rings (SSSR count). The van der Waals surface area contributed by atoms with Gasteiger partial charge in [-0.25, -0.2) is 0 Å². The van der Waals surface area contributed by atoms with Crippen molar-refractivity contribution >= 4 is 23.4 Å². The lowest BCUT2D eigenvalue weighted by atomic mass is 10.00. The van der Waals surface area contributed by atoms with Gasteiger partial charge in [0.05, 0.1) is 5.92 Å². The van der Waals surface area contributed by atoms with Crippen molar-refractivity contribution in [1.82, 2.24) is 4.90 Å². The van der Waals surface area contributed by atoms with Crippen LogP contribution < -0.4 is 5.32 Å². The van der Waals surface area contributed by atoms with Crippen LogP contribution in [0.1, 0.15) is 18.4 Å². The molecule has 0 spiro atoms. The number of anilines is 1. The molecule has 0 aliphatic carbocycles. The topological polar surface area (TPSA) is 32.3 Å². The highest BCUT2D eigenvalue weighted by molar-refractivity contribution is 7.99. The second kappa shape index (κ2) is 4.84. The number of hydrogen-bond acceptors (Lipinski definition) is 3. The lowest BCUT2D eigenvalue weighted by Crippen LogP contribution is -2.43. The molecule has 1 fully saturated rings. The molecule has 2 atom stereocenters. The molecule has 1 saturated heterocycles. The van der Waals surface area contributed by atoms with E-state index in [0.717, 1.165) is 36.6 Å². The number of rotatable bonds is 1. The van der Waals surface area contributed by atoms with E-state index in [1.807, 2.05) is 28.8 Å². The lowest BCUT2D eigenvalue weighted by molar-refractivity contribution is -0.132. The van der Waals surface area contributed by atoms with Crippen LogP contribution in [0.25, 0.3) is 0 Å². The first-order valence-corrected chi connectivity index (χ1v) is 7.54. The Hall–Kier alpha value is -1.16. The molecule has 2 aliphatic heterocycles. The Morgan fingerprint density at radius 1 is 1.44 bits per heavy atom. The van der Waals surface area contributed by atoms with Crippen LogP contribution in [0, 0.1) is 0 Å². The number of amides is 1. The summed E-state index contributed by atoms with van der Waals surface area (Å²) >= 11 is 1.96. The Morgan fingerprint density at radius 3 is 3.11 bits per heavy atom. The fourth-order valence-corrected chi connectivity index (χ4v) is 3.76. The lowest BCUT2D eigenvalue weighted by Gasteiger charge is -2.32. The minimum atomic E-state index is 0.0106. The van der Waals surface area contributed by atoms with Crippen molar-refractivity contribution in [3.05, 3.63) is 29.8 Å². The van der Waals surface area contributed by atoms with Crippen LogP contribution in [0.2, 0.25) is 0 Å². The Balaban J connectivity index is 1.78. The first-order chi connectivity index (χ1) is 8.75. The van der Waals surface area contributed by atoms with Gasteiger partial charge in [-0.15, -0.1) is 0 Å². The van der Waals surface area contributed by atoms with Crippen molar-refractivity contribution in [2.75, 3.05) is 30.7 Å². The largest absolute Gasteiger partial charge is 0.384 e. The number of fused-ring (bicyclic) bond motifs is 1. The number of thioether (sulfide) groups is 1. The number of carbonyl (C=O) groups is 1. The van der Waals surface area contributed by atoms with Gasteiger partial charge in [-0.05, 0) is 11.6 Å². The number of para-hydroxylation sites is 1. The quantitative estimate of drug-likeness (QED) is 0.842. The minimum absolute atomic E-state index is 0.0106. The maximum Gasteiger partial charge on any atom is 0.232 e. The normalized spacial score (nSPS) is 26.6. The summed E-state index contributed by atoms with van der Waals surface area (Å²) in [4.78, 5) is 14.6. The molecule has 0 radical (unpaired) electrons. The third-order valence-corrected chi connectivity index (χ3v) is 4.82. The van der Waals surface area contributed by atoms with E-state index in [9.17, 15) is 4.79 Å². The molecule has 2 heterocycles. The van der Waals surface area contributed by atoms with Gasteiger partial charge in [-0.1, -0.05) is 25.1 Å². The minimum Gasteiger partial charge on any atom is -0.384 e. The van der Waals surface area contributed by atoms with Crippen molar-refractivity contribution in [2.24, 2.45) is 0 Å². The van der Waals surface area contributed by atoms with E-state index in [0.29, 0.717) is 11.2 Å². The van der Waals surface area contributed by atoms with Gasteiger partial charge in [0.1, 0.15) is 0 Å². The van der Waals surface area contributed by atoms with Gasteiger partial charge in [0.25, 0.3) is 0 Å². The van der Waals surface area contributed by atoms with Crippen LogP contribution in [-0.4, -0.2) is 41.4 Å². The maximum atomic E-state index is 12.6. The zero-order valence-corrected chi connectivity index (χ0v) is 11.4. The highest BCUT2D eigenvalue weighted by atomic mass is 32.2. The first kappa shape index (κ1) is 11.9. The Labute approximate surface area is 112 Å². The van der Waals surface area contributed by atoms with Crippen LogP contribution in [0.5, 0.6) is 0 Å². The highest BCUT2D eigenvalue weighted by Gasteiger charge is 2.33. The molecule has 2 aliphatic rings. The van der Waals surface area contributed by atoms with Crippen molar-refractivity contribution in [3.63, 3.8) is 0 Å².